The Morgan fingerprint density at radius 2 is 2.06 bits per heavy atom. The van der Waals surface area contributed by atoms with Crippen LogP contribution in [0.25, 0.3) is 0 Å². The zero-order valence-electron chi connectivity index (χ0n) is 9.22. The van der Waals surface area contributed by atoms with E-state index in [0.29, 0.717) is 0 Å². The van der Waals surface area contributed by atoms with Gasteiger partial charge in [-0.15, -0.1) is 0 Å². The van der Waals surface area contributed by atoms with Gasteiger partial charge in [0.05, 0.1) is 10.6 Å². The molecule has 0 unspecified atom stereocenters. The molecule has 1 rings (SSSR count). The Hall–Kier alpha value is -1.43. The molecule has 7 heteroatoms. The van der Waals surface area contributed by atoms with Crippen molar-refractivity contribution in [3.05, 3.63) is 28.8 Å². The fourth-order valence-corrected chi connectivity index (χ4v) is 1.48. The molecular formula is C11H11ClF3NO2. The third-order valence-corrected chi connectivity index (χ3v) is 2.45. The van der Waals surface area contributed by atoms with Crippen LogP contribution in [0, 0.1) is 0 Å². The first-order valence-corrected chi connectivity index (χ1v) is 5.51. The molecule has 0 aliphatic carbocycles. The van der Waals surface area contributed by atoms with Crippen molar-refractivity contribution in [2.45, 2.75) is 19.0 Å². The molecule has 0 aliphatic rings. The van der Waals surface area contributed by atoms with Gasteiger partial charge in [-0.1, -0.05) is 11.6 Å². The smallest absolute Gasteiger partial charge is 0.389 e. The normalized spacial score (nSPS) is 11.3. The van der Waals surface area contributed by atoms with Crippen LogP contribution in [-0.2, 0) is 0 Å². The number of amides is 1. The third-order valence-electron chi connectivity index (χ3n) is 2.12. The molecular weight excluding hydrogens is 271 g/mol. The van der Waals surface area contributed by atoms with Crippen molar-refractivity contribution in [1.29, 1.82) is 0 Å². The van der Waals surface area contributed by atoms with Crippen molar-refractivity contribution in [3.8, 4) is 5.75 Å². The zero-order valence-corrected chi connectivity index (χ0v) is 9.98. The summed E-state index contributed by atoms with van der Waals surface area (Å²) in [5.74, 6) is -0.752. The van der Waals surface area contributed by atoms with E-state index in [1.807, 2.05) is 0 Å². The Bertz CT molecular complexity index is 435. The van der Waals surface area contributed by atoms with Crippen LogP contribution < -0.4 is 5.32 Å². The second-order valence-corrected chi connectivity index (χ2v) is 4.05. The van der Waals surface area contributed by atoms with Gasteiger partial charge in [0, 0.05) is 13.0 Å². The Morgan fingerprint density at radius 1 is 1.39 bits per heavy atom. The van der Waals surface area contributed by atoms with Crippen molar-refractivity contribution in [1.82, 2.24) is 5.32 Å². The first-order valence-electron chi connectivity index (χ1n) is 5.13. The number of phenols is 1. The predicted octanol–water partition coefficient (Wildman–Crippen LogP) is 3.12. The molecule has 1 aromatic rings. The number of hydrogen-bond donors (Lipinski definition) is 2. The third kappa shape index (κ3) is 4.83. The number of phenolic OH excluding ortho intramolecular Hbond substituents is 1. The van der Waals surface area contributed by atoms with Gasteiger partial charge in [0.1, 0.15) is 5.75 Å². The van der Waals surface area contributed by atoms with E-state index in [-0.39, 0.29) is 29.3 Å². The van der Waals surface area contributed by atoms with Crippen LogP contribution in [0.15, 0.2) is 18.2 Å². The molecule has 2 N–H and O–H groups in total. The number of aromatic hydroxyl groups is 1. The maximum Gasteiger partial charge on any atom is 0.389 e. The highest BCUT2D eigenvalue weighted by Crippen LogP contribution is 2.22. The van der Waals surface area contributed by atoms with Crippen LogP contribution in [-0.4, -0.2) is 23.7 Å². The summed E-state index contributed by atoms with van der Waals surface area (Å²) in [6.07, 6.45) is -5.39. The lowest BCUT2D eigenvalue weighted by Gasteiger charge is -2.08. The number of carbonyl (C=O) groups excluding carboxylic acids is 1. The van der Waals surface area contributed by atoms with Gasteiger partial charge in [0.2, 0.25) is 0 Å². The highest BCUT2D eigenvalue weighted by atomic mass is 35.5. The molecule has 1 amide bonds. The maximum absolute atomic E-state index is 11.9. The van der Waals surface area contributed by atoms with Crippen molar-refractivity contribution in [2.75, 3.05) is 6.54 Å². The molecule has 0 atom stereocenters. The predicted molar refractivity (Wildman–Crippen MR) is 60.7 cm³/mol. The molecule has 3 nitrogen and oxygen atoms in total. The van der Waals surface area contributed by atoms with Crippen molar-refractivity contribution >= 4 is 17.5 Å². The summed E-state index contributed by atoms with van der Waals surface area (Å²) < 4.78 is 35.6. The van der Waals surface area contributed by atoms with E-state index in [1.165, 1.54) is 12.1 Å². The van der Waals surface area contributed by atoms with E-state index in [1.54, 1.807) is 0 Å². The van der Waals surface area contributed by atoms with Gasteiger partial charge >= 0.3 is 6.18 Å². The number of rotatable bonds is 4. The topological polar surface area (TPSA) is 49.3 Å². The molecule has 0 aliphatic heterocycles. The Labute approximate surface area is 107 Å². The van der Waals surface area contributed by atoms with Crippen LogP contribution in [0.5, 0.6) is 5.75 Å². The van der Waals surface area contributed by atoms with E-state index >= 15 is 0 Å². The standard InChI is InChI=1S/C11H11ClF3NO2/c12-9-3-2-7(17)6-8(9)10(18)16-5-1-4-11(13,14)15/h2-3,6,17H,1,4-5H2,(H,16,18). The van der Waals surface area contributed by atoms with Crippen LogP contribution in [0.2, 0.25) is 5.02 Å². The van der Waals surface area contributed by atoms with Gasteiger partial charge in [0.25, 0.3) is 5.91 Å². The summed E-state index contributed by atoms with van der Waals surface area (Å²) in [5, 5.41) is 11.6. The number of benzene rings is 1. The van der Waals surface area contributed by atoms with Crippen LogP contribution in [0.1, 0.15) is 23.2 Å². The highest BCUT2D eigenvalue weighted by Gasteiger charge is 2.26. The van der Waals surface area contributed by atoms with E-state index in [4.69, 9.17) is 11.6 Å². The Morgan fingerprint density at radius 3 is 2.67 bits per heavy atom. The van der Waals surface area contributed by atoms with Crippen molar-refractivity contribution in [3.63, 3.8) is 0 Å². The number of alkyl halides is 3. The summed E-state index contributed by atoms with van der Waals surface area (Å²) in [7, 11) is 0. The average molecular weight is 282 g/mol. The average Bonchev–Trinajstić information content (AvgIpc) is 2.26. The van der Waals surface area contributed by atoms with Crippen LogP contribution >= 0.6 is 11.6 Å². The molecule has 18 heavy (non-hydrogen) atoms. The van der Waals surface area contributed by atoms with Crippen LogP contribution in [0.3, 0.4) is 0 Å². The minimum atomic E-state index is -4.23. The second-order valence-electron chi connectivity index (χ2n) is 3.64. The number of carbonyl (C=O) groups is 1. The lowest BCUT2D eigenvalue weighted by atomic mass is 10.2. The van der Waals surface area contributed by atoms with Gasteiger partial charge in [0.15, 0.2) is 0 Å². The van der Waals surface area contributed by atoms with E-state index in [2.05, 4.69) is 5.32 Å². The quantitative estimate of drug-likeness (QED) is 0.833. The van der Waals surface area contributed by atoms with Gasteiger partial charge < -0.3 is 10.4 Å². The molecule has 0 aromatic heterocycles. The minimum absolute atomic E-state index is 0.0312. The zero-order chi connectivity index (χ0) is 13.8. The summed E-state index contributed by atoms with van der Waals surface area (Å²) in [6.45, 7) is -0.107. The number of hydrogen-bond acceptors (Lipinski definition) is 2. The fourth-order valence-electron chi connectivity index (χ4n) is 1.27. The lowest BCUT2D eigenvalue weighted by molar-refractivity contribution is -0.135. The molecule has 0 radical (unpaired) electrons. The fraction of sp³-hybridized carbons (Fsp3) is 0.364. The van der Waals surface area contributed by atoms with E-state index in [9.17, 15) is 23.1 Å². The number of halogens is 4. The largest absolute Gasteiger partial charge is 0.508 e. The van der Waals surface area contributed by atoms with Crippen molar-refractivity contribution in [2.24, 2.45) is 0 Å². The van der Waals surface area contributed by atoms with E-state index in [0.717, 1.165) is 6.07 Å². The first-order chi connectivity index (χ1) is 8.29. The molecule has 1 aromatic carbocycles. The molecule has 0 spiro atoms. The lowest BCUT2D eigenvalue weighted by Crippen LogP contribution is -2.25. The highest BCUT2D eigenvalue weighted by molar-refractivity contribution is 6.33. The van der Waals surface area contributed by atoms with E-state index < -0.39 is 18.5 Å². The van der Waals surface area contributed by atoms with Crippen molar-refractivity contribution < 1.29 is 23.1 Å². The van der Waals surface area contributed by atoms with Gasteiger partial charge in [-0.25, -0.2) is 0 Å². The summed E-state index contributed by atoms with van der Waals surface area (Å²) in [4.78, 5) is 11.6. The SMILES string of the molecule is O=C(NCCCC(F)(F)F)c1cc(O)ccc1Cl. The van der Waals surface area contributed by atoms with Gasteiger partial charge in [-0.3, -0.25) is 4.79 Å². The summed E-state index contributed by atoms with van der Waals surface area (Å²) in [6, 6.07) is 3.80. The maximum atomic E-state index is 11.9. The molecule has 0 saturated carbocycles. The Kier molecular flexibility index (Phi) is 4.84. The molecule has 0 fully saturated rings. The first kappa shape index (κ1) is 14.6. The van der Waals surface area contributed by atoms with Gasteiger partial charge in [-0.05, 0) is 24.6 Å². The second kappa shape index (κ2) is 5.95. The summed E-state index contributed by atoms with van der Waals surface area (Å²) >= 11 is 5.72. The molecule has 100 valence electrons. The molecule has 0 bridgehead atoms. The minimum Gasteiger partial charge on any atom is -0.508 e. The summed E-state index contributed by atoms with van der Waals surface area (Å²) in [5.41, 5.74) is 0.0312. The van der Waals surface area contributed by atoms with Gasteiger partial charge in [-0.2, -0.15) is 13.2 Å². The van der Waals surface area contributed by atoms with Crippen LogP contribution in [0.4, 0.5) is 13.2 Å². The number of nitrogens with one attached hydrogen (secondary N) is 1. The Balaban J connectivity index is 2.48. The monoisotopic (exact) mass is 281 g/mol. The molecule has 0 saturated heterocycles. The molecule has 0 heterocycles.